The molecule has 0 unspecified atom stereocenters. The lowest BCUT2D eigenvalue weighted by atomic mass is 9.94. The van der Waals surface area contributed by atoms with Crippen LogP contribution in [0, 0.1) is 0 Å². The van der Waals surface area contributed by atoms with E-state index in [4.69, 9.17) is 13.9 Å². The third-order valence-electron chi connectivity index (χ3n) is 7.33. The second-order valence-corrected chi connectivity index (χ2v) is 9.94. The maximum Gasteiger partial charge on any atom is 0.290 e. The number of ketones is 1. The number of ether oxygens (including phenoxy) is 2. The van der Waals surface area contributed by atoms with Crippen molar-refractivity contribution in [3.05, 3.63) is 108 Å². The van der Waals surface area contributed by atoms with Gasteiger partial charge in [-0.1, -0.05) is 48.5 Å². The molecule has 3 heterocycles. The highest BCUT2D eigenvalue weighted by atomic mass is 16.5. The molecular formula is C32H30N2O6. The SMILES string of the molecule is O=C(C1=C(O)C(=O)N(CCCN2CCOCC2)[C@@H]1c1cccc(Oc2ccccc2)c1)c1cc2ccccc2o1. The van der Waals surface area contributed by atoms with E-state index in [0.29, 0.717) is 48.8 Å². The first-order valence-corrected chi connectivity index (χ1v) is 13.5. The summed E-state index contributed by atoms with van der Waals surface area (Å²) in [5, 5.41) is 11.9. The summed E-state index contributed by atoms with van der Waals surface area (Å²) in [6.45, 7) is 4.22. The van der Waals surface area contributed by atoms with E-state index in [2.05, 4.69) is 4.90 Å². The molecule has 1 amide bonds. The Morgan fingerprint density at radius 3 is 2.45 bits per heavy atom. The van der Waals surface area contributed by atoms with Gasteiger partial charge < -0.3 is 23.9 Å². The zero-order valence-electron chi connectivity index (χ0n) is 22.0. The Morgan fingerprint density at radius 1 is 0.900 bits per heavy atom. The minimum atomic E-state index is -0.794. The van der Waals surface area contributed by atoms with Gasteiger partial charge >= 0.3 is 0 Å². The molecule has 1 aromatic heterocycles. The average molecular weight is 539 g/mol. The molecule has 0 aliphatic carbocycles. The third-order valence-corrected chi connectivity index (χ3v) is 7.33. The summed E-state index contributed by atoms with van der Waals surface area (Å²) < 4.78 is 17.3. The number of aliphatic hydroxyl groups is 1. The van der Waals surface area contributed by atoms with Gasteiger partial charge in [-0.05, 0) is 48.4 Å². The van der Waals surface area contributed by atoms with Crippen LogP contribution in [0.3, 0.4) is 0 Å². The lowest BCUT2D eigenvalue weighted by molar-refractivity contribution is -0.129. The van der Waals surface area contributed by atoms with Gasteiger partial charge in [0, 0.05) is 31.6 Å². The van der Waals surface area contributed by atoms with Crippen molar-refractivity contribution < 1.29 is 28.6 Å². The maximum absolute atomic E-state index is 13.9. The molecule has 8 heteroatoms. The van der Waals surface area contributed by atoms with Crippen LogP contribution < -0.4 is 4.74 Å². The van der Waals surface area contributed by atoms with Crippen molar-refractivity contribution in [2.75, 3.05) is 39.4 Å². The number of Topliss-reactive ketones (excluding diaryl/α,β-unsaturated/α-hetero) is 1. The number of para-hydroxylation sites is 2. The molecule has 2 aliphatic heterocycles. The topological polar surface area (TPSA) is 92.5 Å². The van der Waals surface area contributed by atoms with Crippen molar-refractivity contribution >= 4 is 22.7 Å². The number of aliphatic hydroxyl groups excluding tert-OH is 1. The largest absolute Gasteiger partial charge is 0.503 e. The van der Waals surface area contributed by atoms with Crippen LogP contribution >= 0.6 is 0 Å². The average Bonchev–Trinajstić information content (AvgIpc) is 3.53. The van der Waals surface area contributed by atoms with Gasteiger partial charge in [0.15, 0.2) is 11.5 Å². The van der Waals surface area contributed by atoms with Crippen LogP contribution in [0.2, 0.25) is 0 Å². The summed E-state index contributed by atoms with van der Waals surface area (Å²) in [5.41, 5.74) is 1.23. The smallest absolute Gasteiger partial charge is 0.290 e. The van der Waals surface area contributed by atoms with E-state index in [9.17, 15) is 14.7 Å². The number of carbonyl (C=O) groups is 2. The number of hydrogen-bond acceptors (Lipinski definition) is 7. The Hall–Kier alpha value is -4.40. The number of benzene rings is 3. The standard InChI is InChI=1S/C32H30N2O6/c35-30(27-21-22-8-4-5-13-26(22)40-27)28-29(23-9-6-12-25(20-23)39-24-10-2-1-3-11-24)34(32(37)31(28)36)15-7-14-33-16-18-38-19-17-33/h1-6,8-13,20-21,29,36H,7,14-19H2/t29-/m1/s1. The molecule has 0 saturated carbocycles. The summed E-state index contributed by atoms with van der Waals surface area (Å²) in [4.78, 5) is 31.2. The Kier molecular flexibility index (Phi) is 7.35. The van der Waals surface area contributed by atoms with Crippen molar-refractivity contribution in [1.29, 1.82) is 0 Å². The quantitative estimate of drug-likeness (QED) is 0.280. The molecule has 1 saturated heterocycles. The van der Waals surface area contributed by atoms with E-state index in [1.54, 1.807) is 17.0 Å². The second kappa shape index (κ2) is 11.4. The van der Waals surface area contributed by atoms with Crippen LogP contribution in [0.15, 0.2) is 101 Å². The monoisotopic (exact) mass is 538 g/mol. The van der Waals surface area contributed by atoms with Gasteiger partial charge in [-0.3, -0.25) is 14.5 Å². The normalized spacial score (nSPS) is 18.1. The van der Waals surface area contributed by atoms with Crippen LogP contribution in [-0.2, 0) is 9.53 Å². The van der Waals surface area contributed by atoms with Crippen LogP contribution in [0.5, 0.6) is 11.5 Å². The third kappa shape index (κ3) is 5.23. The van der Waals surface area contributed by atoms with Crippen molar-refractivity contribution in [2.24, 2.45) is 0 Å². The number of fused-ring (bicyclic) bond motifs is 1. The highest BCUT2D eigenvalue weighted by Gasteiger charge is 2.44. The van der Waals surface area contributed by atoms with Gasteiger partial charge in [-0.2, -0.15) is 0 Å². The molecule has 4 aromatic rings. The van der Waals surface area contributed by atoms with E-state index in [0.717, 1.165) is 25.0 Å². The molecule has 0 radical (unpaired) electrons. The van der Waals surface area contributed by atoms with Crippen LogP contribution in [0.4, 0.5) is 0 Å². The predicted octanol–water partition coefficient (Wildman–Crippen LogP) is 5.53. The molecule has 1 N–H and O–H groups in total. The number of hydrogen-bond donors (Lipinski definition) is 1. The van der Waals surface area contributed by atoms with Crippen LogP contribution in [-0.4, -0.2) is 66.0 Å². The maximum atomic E-state index is 13.9. The van der Waals surface area contributed by atoms with Gasteiger partial charge in [-0.25, -0.2) is 0 Å². The Labute approximate surface area is 232 Å². The predicted molar refractivity (Wildman–Crippen MR) is 149 cm³/mol. The lowest BCUT2D eigenvalue weighted by Crippen LogP contribution is -2.39. The Balaban J connectivity index is 1.33. The van der Waals surface area contributed by atoms with Gasteiger partial charge in [0.25, 0.3) is 5.91 Å². The molecule has 3 aromatic carbocycles. The lowest BCUT2D eigenvalue weighted by Gasteiger charge is -2.30. The van der Waals surface area contributed by atoms with Crippen molar-refractivity contribution in [3.63, 3.8) is 0 Å². The molecule has 8 nitrogen and oxygen atoms in total. The van der Waals surface area contributed by atoms with Crippen molar-refractivity contribution in [1.82, 2.24) is 9.80 Å². The summed E-state index contributed by atoms with van der Waals surface area (Å²) in [5.74, 6) is -0.325. The summed E-state index contributed by atoms with van der Waals surface area (Å²) in [6, 6.07) is 24.8. The molecule has 6 rings (SSSR count). The molecule has 2 aliphatic rings. The summed E-state index contributed by atoms with van der Waals surface area (Å²) >= 11 is 0. The second-order valence-electron chi connectivity index (χ2n) is 9.94. The van der Waals surface area contributed by atoms with E-state index in [1.807, 2.05) is 72.8 Å². The Morgan fingerprint density at radius 2 is 1.65 bits per heavy atom. The number of rotatable bonds is 9. The van der Waals surface area contributed by atoms with Gasteiger partial charge in [0.1, 0.15) is 17.1 Å². The first kappa shape index (κ1) is 25.9. The first-order chi connectivity index (χ1) is 19.6. The highest BCUT2D eigenvalue weighted by molar-refractivity contribution is 6.16. The first-order valence-electron chi connectivity index (χ1n) is 13.5. The number of amides is 1. The van der Waals surface area contributed by atoms with Crippen LogP contribution in [0.25, 0.3) is 11.0 Å². The highest BCUT2D eigenvalue weighted by Crippen LogP contribution is 2.41. The van der Waals surface area contributed by atoms with E-state index in [1.165, 1.54) is 0 Å². The zero-order chi connectivity index (χ0) is 27.5. The summed E-state index contributed by atoms with van der Waals surface area (Å²) in [6.07, 6.45) is 0.682. The van der Waals surface area contributed by atoms with E-state index < -0.39 is 23.5 Å². The van der Waals surface area contributed by atoms with Gasteiger partial charge in [-0.15, -0.1) is 0 Å². The molecule has 0 spiro atoms. The van der Waals surface area contributed by atoms with E-state index in [-0.39, 0.29) is 11.3 Å². The summed E-state index contributed by atoms with van der Waals surface area (Å²) in [7, 11) is 0. The fourth-order valence-electron chi connectivity index (χ4n) is 5.35. The molecular weight excluding hydrogens is 508 g/mol. The van der Waals surface area contributed by atoms with Crippen molar-refractivity contribution in [3.8, 4) is 11.5 Å². The molecule has 0 bridgehead atoms. The van der Waals surface area contributed by atoms with Crippen LogP contribution in [0.1, 0.15) is 28.6 Å². The fourth-order valence-corrected chi connectivity index (χ4v) is 5.35. The minimum Gasteiger partial charge on any atom is -0.503 e. The number of morpholine rings is 1. The molecule has 1 atom stereocenters. The zero-order valence-corrected chi connectivity index (χ0v) is 22.0. The number of carbonyl (C=O) groups excluding carboxylic acids is 2. The minimum absolute atomic E-state index is 0.00675. The number of furan rings is 1. The number of nitrogens with zero attached hydrogens (tertiary/aromatic N) is 2. The van der Waals surface area contributed by atoms with Gasteiger partial charge in [0.2, 0.25) is 5.78 Å². The molecule has 204 valence electrons. The Bertz CT molecular complexity index is 1520. The fraction of sp³-hybridized carbons (Fsp3) is 0.250. The van der Waals surface area contributed by atoms with Gasteiger partial charge in [0.05, 0.1) is 24.8 Å². The molecule has 40 heavy (non-hydrogen) atoms. The molecule has 1 fully saturated rings. The van der Waals surface area contributed by atoms with Crippen molar-refractivity contribution in [2.45, 2.75) is 12.5 Å². The van der Waals surface area contributed by atoms with E-state index >= 15 is 0 Å².